The summed E-state index contributed by atoms with van der Waals surface area (Å²) in [4.78, 5) is 11.8. The number of esters is 1. The third-order valence-corrected chi connectivity index (χ3v) is 1.94. The molecule has 0 unspecified atom stereocenters. The topological polar surface area (TPSA) is 56.5 Å². The number of hydrogen-bond acceptors (Lipinski definition) is 4. The molecule has 0 aliphatic rings. The number of rotatable bonds is 1. The second-order valence-electron chi connectivity index (χ2n) is 4.52. The highest BCUT2D eigenvalue weighted by Crippen LogP contribution is 2.13. The highest BCUT2D eigenvalue weighted by molar-refractivity contribution is 5.90. The largest absolute Gasteiger partial charge is 0.456 e. The number of fused-ring (bicyclic) bond motifs is 1. The molecule has 0 bridgehead atoms. The van der Waals surface area contributed by atoms with Gasteiger partial charge in [-0.1, -0.05) is 5.21 Å². The number of pyridine rings is 1. The molecule has 16 heavy (non-hydrogen) atoms. The van der Waals surface area contributed by atoms with Crippen molar-refractivity contribution in [1.29, 1.82) is 0 Å². The van der Waals surface area contributed by atoms with Crippen molar-refractivity contribution >= 4 is 11.5 Å². The van der Waals surface area contributed by atoms with Gasteiger partial charge in [-0.15, -0.1) is 5.10 Å². The maximum Gasteiger partial charge on any atom is 0.338 e. The molecule has 0 aliphatic heterocycles. The van der Waals surface area contributed by atoms with Gasteiger partial charge in [0.1, 0.15) is 5.60 Å². The van der Waals surface area contributed by atoms with Gasteiger partial charge in [-0.3, -0.25) is 0 Å². The lowest BCUT2D eigenvalue weighted by molar-refractivity contribution is 0.00695. The molecule has 2 heterocycles. The molecule has 0 fully saturated rings. The zero-order valence-corrected chi connectivity index (χ0v) is 9.47. The molecule has 0 saturated carbocycles. The summed E-state index contributed by atoms with van der Waals surface area (Å²) in [5.41, 5.74) is 0.787. The van der Waals surface area contributed by atoms with Crippen LogP contribution in [0.2, 0.25) is 0 Å². The average molecular weight is 219 g/mol. The Hall–Kier alpha value is -1.91. The molecule has 5 nitrogen and oxygen atoms in total. The molecule has 2 aromatic rings. The Morgan fingerprint density at radius 1 is 1.44 bits per heavy atom. The summed E-state index contributed by atoms with van der Waals surface area (Å²) in [6.07, 6.45) is 3.27. The van der Waals surface area contributed by atoms with E-state index in [1.165, 1.54) is 0 Å². The van der Waals surface area contributed by atoms with E-state index in [0.29, 0.717) is 5.56 Å². The SMILES string of the molecule is CC(C)(C)OC(=O)c1ccn2nncc2c1. The monoisotopic (exact) mass is 219 g/mol. The second-order valence-corrected chi connectivity index (χ2v) is 4.52. The Morgan fingerprint density at radius 3 is 2.88 bits per heavy atom. The number of carbonyl (C=O) groups excluding carboxylic acids is 1. The molecule has 0 aromatic carbocycles. The highest BCUT2D eigenvalue weighted by Gasteiger charge is 2.18. The van der Waals surface area contributed by atoms with Gasteiger partial charge < -0.3 is 4.74 Å². The van der Waals surface area contributed by atoms with E-state index in [-0.39, 0.29) is 5.97 Å². The summed E-state index contributed by atoms with van der Waals surface area (Å²) in [6, 6.07) is 3.36. The van der Waals surface area contributed by atoms with Crippen molar-refractivity contribution in [2.45, 2.75) is 26.4 Å². The van der Waals surface area contributed by atoms with E-state index >= 15 is 0 Å². The Labute approximate surface area is 93.0 Å². The zero-order chi connectivity index (χ0) is 11.8. The Bertz CT molecular complexity index is 525. The van der Waals surface area contributed by atoms with Crippen molar-refractivity contribution in [3.05, 3.63) is 30.1 Å². The van der Waals surface area contributed by atoms with Gasteiger partial charge in [0.15, 0.2) is 0 Å². The molecule has 0 amide bonds. The Balaban J connectivity index is 2.29. The van der Waals surface area contributed by atoms with Gasteiger partial charge in [0.2, 0.25) is 0 Å². The van der Waals surface area contributed by atoms with E-state index in [9.17, 15) is 4.79 Å². The lowest BCUT2D eigenvalue weighted by Gasteiger charge is -2.19. The summed E-state index contributed by atoms with van der Waals surface area (Å²) >= 11 is 0. The fourth-order valence-electron chi connectivity index (χ4n) is 1.29. The van der Waals surface area contributed by atoms with Gasteiger partial charge in [0.25, 0.3) is 0 Å². The van der Waals surface area contributed by atoms with Gasteiger partial charge in [-0.25, -0.2) is 9.31 Å². The van der Waals surface area contributed by atoms with E-state index in [2.05, 4.69) is 10.3 Å². The zero-order valence-electron chi connectivity index (χ0n) is 9.47. The van der Waals surface area contributed by atoms with Crippen molar-refractivity contribution in [2.24, 2.45) is 0 Å². The average Bonchev–Trinajstić information content (AvgIpc) is 2.61. The molecule has 5 heteroatoms. The number of carbonyl (C=O) groups is 1. The standard InChI is InChI=1S/C11H13N3O2/c1-11(2,3)16-10(15)8-4-5-14-9(6-8)7-12-13-14/h4-7H,1-3H3. The normalized spacial score (nSPS) is 11.7. The van der Waals surface area contributed by atoms with Crippen LogP contribution in [0.25, 0.3) is 5.52 Å². The minimum Gasteiger partial charge on any atom is -0.456 e. The molecule has 2 aromatic heterocycles. The van der Waals surface area contributed by atoms with Crippen LogP contribution in [0.4, 0.5) is 0 Å². The van der Waals surface area contributed by atoms with E-state index in [1.807, 2.05) is 20.8 Å². The number of nitrogens with zero attached hydrogens (tertiary/aromatic N) is 3. The first kappa shape index (κ1) is 10.6. The molecular formula is C11H13N3O2. The van der Waals surface area contributed by atoms with Crippen molar-refractivity contribution in [2.75, 3.05) is 0 Å². The number of hydrogen-bond donors (Lipinski definition) is 0. The number of ether oxygens (including phenoxy) is 1. The molecule has 2 rings (SSSR count). The molecule has 0 spiro atoms. The summed E-state index contributed by atoms with van der Waals surface area (Å²) in [6.45, 7) is 5.51. The first-order chi connectivity index (χ1) is 7.46. The van der Waals surface area contributed by atoms with Crippen LogP contribution in [0.3, 0.4) is 0 Å². The van der Waals surface area contributed by atoms with Crippen LogP contribution in [0.15, 0.2) is 24.5 Å². The molecule has 0 aliphatic carbocycles. The smallest absolute Gasteiger partial charge is 0.338 e. The number of aromatic nitrogens is 3. The van der Waals surface area contributed by atoms with Crippen LogP contribution in [-0.2, 0) is 4.74 Å². The van der Waals surface area contributed by atoms with Crippen molar-refractivity contribution in [3.8, 4) is 0 Å². The molecule has 0 radical (unpaired) electrons. The Kier molecular flexibility index (Phi) is 2.38. The summed E-state index contributed by atoms with van der Waals surface area (Å²) in [5.74, 6) is -0.337. The van der Waals surface area contributed by atoms with Crippen LogP contribution in [0.1, 0.15) is 31.1 Å². The Morgan fingerprint density at radius 2 is 2.19 bits per heavy atom. The van der Waals surface area contributed by atoms with Gasteiger partial charge in [0.05, 0.1) is 17.3 Å². The van der Waals surface area contributed by atoms with Gasteiger partial charge in [-0.2, -0.15) is 0 Å². The first-order valence-electron chi connectivity index (χ1n) is 4.99. The predicted octanol–water partition coefficient (Wildman–Crippen LogP) is 1.68. The predicted molar refractivity (Wildman–Crippen MR) is 58.2 cm³/mol. The van der Waals surface area contributed by atoms with Crippen molar-refractivity contribution < 1.29 is 9.53 Å². The third kappa shape index (κ3) is 2.18. The van der Waals surface area contributed by atoms with Crippen LogP contribution < -0.4 is 0 Å². The lowest BCUT2D eigenvalue weighted by Crippen LogP contribution is -2.23. The fourth-order valence-corrected chi connectivity index (χ4v) is 1.29. The van der Waals surface area contributed by atoms with Crippen LogP contribution in [0, 0.1) is 0 Å². The van der Waals surface area contributed by atoms with Crippen LogP contribution >= 0.6 is 0 Å². The van der Waals surface area contributed by atoms with E-state index in [4.69, 9.17) is 4.74 Å². The maximum atomic E-state index is 11.8. The first-order valence-corrected chi connectivity index (χ1v) is 4.99. The summed E-state index contributed by atoms with van der Waals surface area (Å²) in [5, 5.41) is 7.55. The van der Waals surface area contributed by atoms with Gasteiger partial charge in [0, 0.05) is 6.20 Å². The molecule has 0 N–H and O–H groups in total. The molecular weight excluding hydrogens is 206 g/mol. The minimum absolute atomic E-state index is 0.337. The highest BCUT2D eigenvalue weighted by atomic mass is 16.6. The maximum absolute atomic E-state index is 11.8. The fraction of sp³-hybridized carbons (Fsp3) is 0.364. The summed E-state index contributed by atoms with van der Waals surface area (Å²) < 4.78 is 6.85. The van der Waals surface area contributed by atoms with E-state index in [1.54, 1.807) is 29.0 Å². The lowest BCUT2D eigenvalue weighted by atomic mass is 10.2. The molecule has 0 atom stereocenters. The van der Waals surface area contributed by atoms with E-state index in [0.717, 1.165) is 5.52 Å². The second kappa shape index (κ2) is 3.59. The third-order valence-electron chi connectivity index (χ3n) is 1.94. The molecule has 84 valence electrons. The van der Waals surface area contributed by atoms with E-state index < -0.39 is 5.60 Å². The van der Waals surface area contributed by atoms with Gasteiger partial charge >= 0.3 is 5.97 Å². The van der Waals surface area contributed by atoms with Gasteiger partial charge in [-0.05, 0) is 32.9 Å². The minimum atomic E-state index is -0.484. The van der Waals surface area contributed by atoms with Crippen molar-refractivity contribution in [1.82, 2.24) is 14.8 Å². The quantitative estimate of drug-likeness (QED) is 0.685. The van der Waals surface area contributed by atoms with Crippen molar-refractivity contribution in [3.63, 3.8) is 0 Å². The summed E-state index contributed by atoms with van der Waals surface area (Å²) in [7, 11) is 0. The van der Waals surface area contributed by atoms with Crippen LogP contribution in [-0.4, -0.2) is 26.4 Å². The molecule has 0 saturated heterocycles. The van der Waals surface area contributed by atoms with Crippen LogP contribution in [0.5, 0.6) is 0 Å².